The molecule has 0 heterocycles. The van der Waals surface area contributed by atoms with E-state index in [0.29, 0.717) is 5.41 Å². The Morgan fingerprint density at radius 3 is 1.96 bits per heavy atom. The molecule has 0 unspecified atom stereocenters. The molecule has 1 aliphatic carbocycles. The molecule has 0 amide bonds. The smallest absolute Gasteiger partial charge is 0.0104 e. The maximum absolute atomic E-state index is 2.37. The van der Waals surface area contributed by atoms with E-state index in [4.69, 9.17) is 0 Å². The van der Waals surface area contributed by atoms with Crippen molar-refractivity contribution in [2.45, 2.75) is 67.7 Å². The molecule has 0 spiro atoms. The highest BCUT2D eigenvalue weighted by Gasteiger charge is 2.26. The van der Waals surface area contributed by atoms with E-state index < -0.39 is 0 Å². The van der Waals surface area contributed by atoms with Crippen molar-refractivity contribution < 1.29 is 0 Å². The van der Waals surface area contributed by atoms with Crippen LogP contribution in [0, 0.1) is 5.41 Å². The Balaban J connectivity index is 2.69. The maximum Gasteiger partial charge on any atom is -0.0104 e. The van der Waals surface area contributed by atoms with Gasteiger partial charge < -0.3 is 0 Å². The zero-order chi connectivity index (χ0) is 20.3. The first-order chi connectivity index (χ1) is 12.8. The van der Waals surface area contributed by atoms with Crippen LogP contribution in [-0.2, 0) is 0 Å². The zero-order valence-electron chi connectivity index (χ0n) is 18.5. The van der Waals surface area contributed by atoms with Crippen molar-refractivity contribution in [1.29, 1.82) is 0 Å². The number of hydrogen-bond acceptors (Lipinski definition) is 0. The highest BCUT2D eigenvalue weighted by atomic mass is 14.3. The van der Waals surface area contributed by atoms with Crippen LogP contribution in [0.3, 0.4) is 0 Å². The third-order valence-electron chi connectivity index (χ3n) is 5.03. The molecular formula is C27H38. The van der Waals surface area contributed by atoms with Crippen LogP contribution in [0.2, 0.25) is 0 Å². The summed E-state index contributed by atoms with van der Waals surface area (Å²) < 4.78 is 0. The Hall–Kier alpha value is -2.08. The summed E-state index contributed by atoms with van der Waals surface area (Å²) in [7, 11) is 0. The fourth-order valence-corrected chi connectivity index (χ4v) is 3.42. The van der Waals surface area contributed by atoms with Crippen LogP contribution < -0.4 is 0 Å². The second-order valence-corrected chi connectivity index (χ2v) is 8.24. The topological polar surface area (TPSA) is 0 Å². The number of hydrogen-bond donors (Lipinski definition) is 0. The van der Waals surface area contributed by atoms with Crippen LogP contribution in [0.15, 0.2) is 94.7 Å². The molecule has 0 bridgehead atoms. The largest absolute Gasteiger partial charge is 0.0874 e. The maximum atomic E-state index is 2.37. The van der Waals surface area contributed by atoms with E-state index in [9.17, 15) is 0 Å². The van der Waals surface area contributed by atoms with Crippen LogP contribution in [-0.4, -0.2) is 0 Å². The lowest BCUT2D eigenvalue weighted by atomic mass is 9.72. The summed E-state index contributed by atoms with van der Waals surface area (Å²) in [5.74, 6) is 0. The van der Waals surface area contributed by atoms with Gasteiger partial charge in [0, 0.05) is 0 Å². The molecule has 0 atom stereocenters. The molecule has 0 radical (unpaired) electrons. The van der Waals surface area contributed by atoms with Gasteiger partial charge in [-0.2, -0.15) is 0 Å². The summed E-state index contributed by atoms with van der Waals surface area (Å²) in [5, 5.41) is 0. The SMILES string of the molecule is C/C=C/C(C)=C/C=C/C=C(C)/C=C/C=C(C)\C=C\C1=C(C)CCCC1(C)C. The fourth-order valence-electron chi connectivity index (χ4n) is 3.42. The Morgan fingerprint density at radius 1 is 0.815 bits per heavy atom. The quantitative estimate of drug-likeness (QED) is 0.398. The number of rotatable bonds is 7. The van der Waals surface area contributed by atoms with Gasteiger partial charge in [-0.3, -0.25) is 0 Å². The van der Waals surface area contributed by atoms with Gasteiger partial charge in [-0.1, -0.05) is 103 Å². The first kappa shape index (κ1) is 23.0. The van der Waals surface area contributed by atoms with Gasteiger partial charge in [-0.15, -0.1) is 0 Å². The van der Waals surface area contributed by atoms with Crippen molar-refractivity contribution in [3.05, 3.63) is 94.7 Å². The van der Waals surface area contributed by atoms with Gasteiger partial charge in [-0.05, 0) is 64.9 Å². The Kier molecular flexibility index (Phi) is 9.86. The van der Waals surface area contributed by atoms with Crippen LogP contribution in [0.1, 0.15) is 67.7 Å². The summed E-state index contributed by atoms with van der Waals surface area (Å²) in [6.07, 6.45) is 27.5. The second kappa shape index (κ2) is 11.6. The van der Waals surface area contributed by atoms with Gasteiger partial charge in [0.2, 0.25) is 0 Å². The molecule has 0 aromatic heterocycles. The van der Waals surface area contributed by atoms with E-state index in [1.165, 1.54) is 41.6 Å². The minimum Gasteiger partial charge on any atom is -0.0874 e. The molecule has 0 saturated heterocycles. The van der Waals surface area contributed by atoms with E-state index in [2.05, 4.69) is 108 Å². The Labute approximate surface area is 168 Å². The lowest BCUT2D eigenvalue weighted by Crippen LogP contribution is -2.19. The van der Waals surface area contributed by atoms with Crippen molar-refractivity contribution in [2.75, 3.05) is 0 Å². The molecule has 146 valence electrons. The monoisotopic (exact) mass is 362 g/mol. The summed E-state index contributed by atoms with van der Waals surface area (Å²) in [6.45, 7) is 15.5. The molecule has 1 rings (SSSR count). The molecule has 0 nitrogen and oxygen atoms in total. The first-order valence-corrected chi connectivity index (χ1v) is 10.1. The molecule has 0 saturated carbocycles. The van der Waals surface area contributed by atoms with E-state index in [1.807, 2.05) is 6.92 Å². The zero-order valence-corrected chi connectivity index (χ0v) is 18.5. The van der Waals surface area contributed by atoms with E-state index in [-0.39, 0.29) is 0 Å². The minimum absolute atomic E-state index is 0.306. The number of allylic oxidation sites excluding steroid dienone is 16. The highest BCUT2D eigenvalue weighted by molar-refractivity contribution is 5.37. The molecule has 0 aromatic rings. The molecule has 0 aromatic carbocycles. The van der Waals surface area contributed by atoms with Crippen LogP contribution in [0.5, 0.6) is 0 Å². The molecule has 0 fully saturated rings. The van der Waals surface area contributed by atoms with Crippen LogP contribution in [0.4, 0.5) is 0 Å². The molecule has 27 heavy (non-hydrogen) atoms. The summed E-state index contributed by atoms with van der Waals surface area (Å²) in [6, 6.07) is 0. The van der Waals surface area contributed by atoms with Crippen molar-refractivity contribution in [1.82, 2.24) is 0 Å². The van der Waals surface area contributed by atoms with Gasteiger partial charge in [0.1, 0.15) is 0 Å². The molecule has 0 aliphatic heterocycles. The lowest BCUT2D eigenvalue weighted by Gasteiger charge is -2.32. The normalized spacial score (nSPS) is 20.2. The Morgan fingerprint density at radius 2 is 1.37 bits per heavy atom. The van der Waals surface area contributed by atoms with Gasteiger partial charge >= 0.3 is 0 Å². The summed E-state index contributed by atoms with van der Waals surface area (Å²) in [4.78, 5) is 0. The van der Waals surface area contributed by atoms with Crippen molar-refractivity contribution in [3.63, 3.8) is 0 Å². The van der Waals surface area contributed by atoms with Crippen LogP contribution in [0.25, 0.3) is 0 Å². The van der Waals surface area contributed by atoms with Crippen molar-refractivity contribution in [2.24, 2.45) is 5.41 Å². The minimum atomic E-state index is 0.306. The fraction of sp³-hybridized carbons (Fsp3) is 0.407. The van der Waals surface area contributed by atoms with Gasteiger partial charge in [0.05, 0.1) is 0 Å². The van der Waals surface area contributed by atoms with Gasteiger partial charge in [0.15, 0.2) is 0 Å². The van der Waals surface area contributed by atoms with E-state index >= 15 is 0 Å². The summed E-state index contributed by atoms with van der Waals surface area (Å²) >= 11 is 0. The average Bonchev–Trinajstić information content (AvgIpc) is 2.58. The van der Waals surface area contributed by atoms with Crippen LogP contribution >= 0.6 is 0 Å². The van der Waals surface area contributed by atoms with E-state index in [1.54, 1.807) is 5.57 Å². The molecule has 0 heteroatoms. The molecule has 0 N–H and O–H groups in total. The molecule has 1 aliphatic rings. The van der Waals surface area contributed by atoms with Crippen molar-refractivity contribution in [3.8, 4) is 0 Å². The second-order valence-electron chi connectivity index (χ2n) is 8.24. The Bertz CT molecular complexity index is 722. The lowest BCUT2D eigenvalue weighted by molar-refractivity contribution is 0.377. The summed E-state index contributed by atoms with van der Waals surface area (Å²) in [5.41, 5.74) is 7.15. The standard InChI is InChI=1S/C27H38/c1-8-13-22(2)14-9-10-15-23(3)16-11-17-24(4)19-20-26-25(5)18-12-21-27(26,6)7/h8-11,13-17,19-20H,12,18,21H2,1-7H3/b10-9+,13-8+,16-11+,20-19+,22-14+,23-15+,24-17-. The predicted octanol–water partition coefficient (Wildman–Crippen LogP) is 8.60. The predicted molar refractivity (Wildman–Crippen MR) is 124 cm³/mol. The van der Waals surface area contributed by atoms with Gasteiger partial charge in [-0.25, -0.2) is 0 Å². The first-order valence-electron chi connectivity index (χ1n) is 10.1. The van der Waals surface area contributed by atoms with Gasteiger partial charge in [0.25, 0.3) is 0 Å². The molecular weight excluding hydrogens is 324 g/mol. The third-order valence-corrected chi connectivity index (χ3v) is 5.03. The van der Waals surface area contributed by atoms with E-state index in [0.717, 1.165) is 0 Å². The average molecular weight is 363 g/mol. The van der Waals surface area contributed by atoms with Crippen molar-refractivity contribution >= 4 is 0 Å². The third kappa shape index (κ3) is 8.91. The highest BCUT2D eigenvalue weighted by Crippen LogP contribution is 2.40.